The van der Waals surface area contributed by atoms with Gasteiger partial charge in [-0.1, -0.05) is 110 Å². The smallest absolute Gasteiger partial charge is 0.407 e. The van der Waals surface area contributed by atoms with Gasteiger partial charge in [-0.05, 0) is 6.42 Å². The van der Waals surface area contributed by atoms with Crippen LogP contribution in [0.25, 0.3) is 0 Å². The highest BCUT2D eigenvalue weighted by atomic mass is 16.6. The van der Waals surface area contributed by atoms with Gasteiger partial charge >= 0.3 is 6.09 Å². The van der Waals surface area contributed by atoms with Crippen LogP contribution in [0, 0.1) is 5.92 Å². The van der Waals surface area contributed by atoms with E-state index in [1.165, 1.54) is 96.3 Å². The number of nitrogens with one attached hydrogen (secondary N) is 1. The average molecular weight is 549 g/mol. The number of ether oxygens (including phenoxy) is 4. The first-order chi connectivity index (χ1) is 19.1. The van der Waals surface area contributed by atoms with Crippen molar-refractivity contribution < 1.29 is 34.0 Å². The summed E-state index contributed by atoms with van der Waals surface area (Å²) >= 11 is 0. The largest absolute Gasteiger partial charge is 0.449 e. The molecular weight excluding hydrogens is 486 g/mol. The lowest BCUT2D eigenvalue weighted by Gasteiger charge is -2.13. The molecule has 0 aliphatic carbocycles. The quantitative estimate of drug-likeness (QED) is 0.0911. The maximum atomic E-state index is 11.8. The van der Waals surface area contributed by atoms with Crippen LogP contribution in [0.2, 0.25) is 0 Å². The highest BCUT2D eigenvalue weighted by Gasteiger charge is 2.07. The molecule has 2 atom stereocenters. The van der Waals surface area contributed by atoms with Crippen molar-refractivity contribution in [2.45, 2.75) is 123 Å². The van der Waals surface area contributed by atoms with Crippen LogP contribution in [-0.4, -0.2) is 83.2 Å². The molecule has 0 spiro atoms. The zero-order valence-corrected chi connectivity index (χ0v) is 24.7. The summed E-state index contributed by atoms with van der Waals surface area (Å²) in [6, 6.07) is 0. The van der Waals surface area contributed by atoms with Gasteiger partial charge in [0, 0.05) is 19.1 Å². The molecular formula is C30H61NO7. The van der Waals surface area contributed by atoms with E-state index in [2.05, 4.69) is 17.3 Å². The first kappa shape index (κ1) is 35.1. The number of hydrogen-bond donors (Lipinski definition) is 3. The summed E-state index contributed by atoms with van der Waals surface area (Å²) < 4.78 is 28.0. The van der Waals surface area contributed by atoms with E-state index < -0.39 is 12.2 Å². The van der Waals surface area contributed by atoms with E-state index in [9.17, 15) is 9.90 Å². The van der Waals surface area contributed by atoms with Crippen LogP contribution in [-0.2, 0) is 18.9 Å². The fourth-order valence-corrected chi connectivity index (χ4v) is 4.07. The molecule has 3 N–H and O–H groups in total. The third-order valence-electron chi connectivity index (χ3n) is 6.43. The van der Waals surface area contributed by atoms with Gasteiger partial charge in [-0.25, -0.2) is 4.79 Å². The monoisotopic (exact) mass is 548 g/mol. The lowest BCUT2D eigenvalue weighted by molar-refractivity contribution is -0.0144. The minimum absolute atomic E-state index is 0.0861. The highest BCUT2D eigenvalue weighted by Crippen LogP contribution is 2.13. The van der Waals surface area contributed by atoms with Crippen molar-refractivity contribution >= 4 is 6.09 Å². The topological polar surface area (TPSA) is 106 Å². The predicted octanol–water partition coefficient (Wildman–Crippen LogP) is 6.01. The van der Waals surface area contributed by atoms with E-state index in [1.807, 2.05) is 6.92 Å². The standard InChI is InChI=1S/C30H61NO7/c1-3-4-5-6-7-8-9-10-11-12-13-14-15-16-17-18-20-36-25-28(2)26-38-30(34)31-19-21-35-22-23-37-27-29(33)24-32/h28-29,32-33H,3-27H2,1-2H3,(H,31,34)/i32D. The molecule has 8 nitrogen and oxygen atoms in total. The third kappa shape index (κ3) is 29.6. The van der Waals surface area contributed by atoms with E-state index in [4.69, 9.17) is 20.4 Å². The molecule has 228 valence electrons. The van der Waals surface area contributed by atoms with E-state index >= 15 is 0 Å². The molecule has 0 fully saturated rings. The van der Waals surface area contributed by atoms with Gasteiger partial charge in [0.05, 0.1) is 46.2 Å². The van der Waals surface area contributed by atoms with Crippen LogP contribution in [0.3, 0.4) is 0 Å². The number of carbonyl (C=O) groups excluding carboxylic acids is 1. The molecule has 8 heteroatoms. The fraction of sp³-hybridized carbons (Fsp3) is 0.967. The Morgan fingerprint density at radius 2 is 1.24 bits per heavy atom. The van der Waals surface area contributed by atoms with Crippen molar-refractivity contribution in [3.05, 3.63) is 0 Å². The summed E-state index contributed by atoms with van der Waals surface area (Å²) in [7, 11) is 0. The molecule has 0 saturated heterocycles. The van der Waals surface area contributed by atoms with Crippen LogP contribution in [0.1, 0.15) is 117 Å². The zero-order chi connectivity index (χ0) is 28.7. The molecule has 0 rings (SSSR count). The molecule has 0 aromatic rings. The second-order valence-electron chi connectivity index (χ2n) is 10.5. The third-order valence-corrected chi connectivity index (χ3v) is 6.43. The second kappa shape index (κ2) is 30.6. The molecule has 2 unspecified atom stereocenters. The summed E-state index contributed by atoms with van der Waals surface area (Å²) in [5.41, 5.74) is 0. The number of carbonyl (C=O) groups is 1. The van der Waals surface area contributed by atoms with E-state index in [0.29, 0.717) is 39.6 Å². The Labute approximate surface area is 235 Å². The van der Waals surface area contributed by atoms with E-state index in [0.717, 1.165) is 13.0 Å². The molecule has 0 aliphatic heterocycles. The molecule has 0 radical (unpaired) electrons. The van der Waals surface area contributed by atoms with Gasteiger partial charge in [0.1, 0.15) is 6.10 Å². The SMILES string of the molecule is [2H]OCC(O)COCCOCCNC(=O)OCC(C)COCCCCCCCCCCCCCCCCCC. The molecule has 0 bridgehead atoms. The molecule has 38 heavy (non-hydrogen) atoms. The normalized spacial score (nSPS) is 13.3. The Morgan fingerprint density at radius 3 is 1.82 bits per heavy atom. The first-order valence-corrected chi connectivity index (χ1v) is 15.5. The molecule has 0 aliphatic rings. The Morgan fingerprint density at radius 1 is 0.711 bits per heavy atom. The van der Waals surface area contributed by atoms with Crippen LogP contribution < -0.4 is 5.32 Å². The maximum absolute atomic E-state index is 11.8. The van der Waals surface area contributed by atoms with Gasteiger partial charge in [-0.3, -0.25) is 0 Å². The predicted molar refractivity (Wildman–Crippen MR) is 154 cm³/mol. The van der Waals surface area contributed by atoms with Gasteiger partial charge in [0.25, 0.3) is 0 Å². The number of rotatable bonds is 31. The van der Waals surface area contributed by atoms with Gasteiger partial charge in [0.2, 0.25) is 1.43 Å². The Bertz CT molecular complexity index is 502. The van der Waals surface area contributed by atoms with E-state index in [1.54, 1.807) is 0 Å². The van der Waals surface area contributed by atoms with E-state index in [-0.39, 0.29) is 19.1 Å². The number of unbranched alkanes of at least 4 members (excludes halogenated alkanes) is 15. The summed E-state index contributed by atoms with van der Waals surface area (Å²) in [4.78, 5) is 11.8. The van der Waals surface area contributed by atoms with Crippen LogP contribution in [0.5, 0.6) is 0 Å². The Kier molecular flexibility index (Phi) is 28.3. The molecule has 0 heterocycles. The first-order valence-electron chi connectivity index (χ1n) is 15.9. The van der Waals surface area contributed by atoms with Gasteiger partial charge in [-0.15, -0.1) is 0 Å². The van der Waals surface area contributed by atoms with Crippen molar-refractivity contribution in [2.75, 3.05) is 59.4 Å². The number of hydrogen-bond acceptors (Lipinski definition) is 7. The molecule has 0 saturated carbocycles. The molecule has 1 amide bonds. The number of alkyl carbamates (subject to hydrolysis) is 1. The van der Waals surface area contributed by atoms with Crippen molar-refractivity contribution in [2.24, 2.45) is 5.92 Å². The van der Waals surface area contributed by atoms with Crippen LogP contribution in [0.4, 0.5) is 4.79 Å². The summed E-state index contributed by atoms with van der Waals surface area (Å²) in [5.74, 6) is 0.154. The van der Waals surface area contributed by atoms with Gasteiger partial charge < -0.3 is 34.5 Å². The Hall–Kier alpha value is -0.930. The fourth-order valence-electron chi connectivity index (χ4n) is 4.07. The lowest BCUT2D eigenvalue weighted by atomic mass is 10.0. The number of aliphatic hydroxyl groups excluding tert-OH is 2. The van der Waals surface area contributed by atoms with Crippen LogP contribution in [0.15, 0.2) is 0 Å². The van der Waals surface area contributed by atoms with Crippen molar-refractivity contribution in [3.8, 4) is 0 Å². The summed E-state index contributed by atoms with van der Waals surface area (Å²) in [6.07, 6.45) is 20.6. The highest BCUT2D eigenvalue weighted by molar-refractivity contribution is 5.67. The minimum atomic E-state index is -0.814. The zero-order valence-electron chi connectivity index (χ0n) is 25.7. The summed E-state index contributed by atoms with van der Waals surface area (Å²) in [6.45, 7) is 7.33. The number of amides is 1. The molecule has 0 aromatic heterocycles. The second-order valence-corrected chi connectivity index (χ2v) is 10.5. The van der Waals surface area contributed by atoms with Crippen molar-refractivity contribution in [1.82, 2.24) is 5.32 Å². The van der Waals surface area contributed by atoms with Gasteiger partial charge in [-0.2, -0.15) is 0 Å². The van der Waals surface area contributed by atoms with Crippen molar-refractivity contribution in [1.29, 1.82) is 1.43 Å². The number of aliphatic hydroxyl groups is 2. The van der Waals surface area contributed by atoms with Crippen LogP contribution >= 0.6 is 0 Å². The maximum Gasteiger partial charge on any atom is 0.407 e. The Balaban J connectivity index is 3.28. The van der Waals surface area contributed by atoms with Gasteiger partial charge in [0.15, 0.2) is 0 Å². The summed E-state index contributed by atoms with van der Waals surface area (Å²) in [5, 5.41) is 16.0. The van der Waals surface area contributed by atoms with Crippen molar-refractivity contribution in [3.63, 3.8) is 0 Å². The lowest BCUT2D eigenvalue weighted by Crippen LogP contribution is -2.30. The molecule has 0 aromatic carbocycles. The minimum Gasteiger partial charge on any atom is -0.449 e. The average Bonchev–Trinajstić information content (AvgIpc) is 2.92.